The van der Waals surface area contributed by atoms with Crippen LogP contribution in [-0.2, 0) is 13.0 Å². The number of nitrogens with zero attached hydrogens (tertiary/aromatic N) is 1. The van der Waals surface area contributed by atoms with Gasteiger partial charge < -0.3 is 46.3 Å². The Balaban J connectivity index is 0.000000729. The summed E-state index contributed by atoms with van der Waals surface area (Å²) in [5, 5.41) is 56.8. The van der Waals surface area contributed by atoms with Crippen molar-refractivity contribution in [2.45, 2.75) is 89.8 Å². The van der Waals surface area contributed by atoms with E-state index in [2.05, 4.69) is 79.1 Å². The molecule has 0 fully saturated rings. The van der Waals surface area contributed by atoms with Crippen LogP contribution in [0.3, 0.4) is 0 Å². The average molecular weight is 681 g/mol. The summed E-state index contributed by atoms with van der Waals surface area (Å²) in [6.07, 6.45) is 3.40. The number of phenolic OH excluding ortho intramolecular Hbond substituents is 1. The van der Waals surface area contributed by atoms with Gasteiger partial charge in [0, 0.05) is 36.0 Å². The molecular formula is C39H56N2O8. The van der Waals surface area contributed by atoms with Crippen molar-refractivity contribution in [3.05, 3.63) is 94.5 Å². The fraction of sp³-hybridized carbons (Fsp3) is 0.462. The number of benzene rings is 3. The Kier molecular flexibility index (Phi) is 21.5. The monoisotopic (exact) mass is 680 g/mol. The molecule has 49 heavy (non-hydrogen) atoms. The maximum absolute atomic E-state index is 11.1. The number of hydrogen-bond acceptors (Lipinski definition) is 9. The Morgan fingerprint density at radius 3 is 1.86 bits per heavy atom. The second kappa shape index (κ2) is 24.4. The number of carbonyl (C=O) groups excluding carboxylic acids is 1. The first-order valence-corrected chi connectivity index (χ1v) is 17.0. The van der Waals surface area contributed by atoms with Crippen LogP contribution in [0.25, 0.3) is 0 Å². The van der Waals surface area contributed by atoms with E-state index in [1.807, 2.05) is 6.07 Å². The Bertz CT molecular complexity index is 1390. The largest absolute Gasteiger partial charge is 0.870 e. The minimum atomic E-state index is -1.53. The topological polar surface area (TPSA) is 188 Å². The molecule has 0 bridgehead atoms. The Labute approximate surface area is 291 Å². The standard InChI is InChI=1S/C32H37NO2.C7H17NO5.H2O/c1-3-5-7-8-22-33(31-21-20-30(25-34)32(35)23-31)24-29-18-16-28(17-19-29)15-14-27-12-10-26(11-13-27)9-6-4-2;1-8-2-4(10)6(12)7(13)5(11)3-9;/h10-13,16-21,23,25,35H,3-9,22,24H2,1-2H3;4-13H,2-3H2,1H3;1H2/t;4-,5+,6+,7+;/m.0./s1. The summed E-state index contributed by atoms with van der Waals surface area (Å²) in [7, 11) is 1.70. The summed E-state index contributed by atoms with van der Waals surface area (Å²) in [5.74, 6) is 6.57. The van der Waals surface area contributed by atoms with Crippen molar-refractivity contribution >= 4 is 12.0 Å². The zero-order chi connectivity index (χ0) is 35.3. The molecular weight excluding hydrogens is 624 g/mol. The SMILES string of the molecule is CCCCCCN(Cc1ccc(C#Cc2ccc(CCCC)cc2)cc1)c1ccc(C=O)c(O)c1.C[NH2+]C[C@H](O)[C@@H](O)[C@H](O)[C@H](O)CO.[OH-]. The number of quaternary nitrogens is 1. The Morgan fingerprint density at radius 1 is 0.776 bits per heavy atom. The van der Waals surface area contributed by atoms with E-state index < -0.39 is 31.0 Å². The van der Waals surface area contributed by atoms with Crippen molar-refractivity contribution < 1.29 is 46.2 Å². The van der Waals surface area contributed by atoms with Crippen molar-refractivity contribution in [2.24, 2.45) is 0 Å². The average Bonchev–Trinajstić information content (AvgIpc) is 3.11. The molecule has 3 rings (SSSR count). The van der Waals surface area contributed by atoms with Crippen molar-refractivity contribution in [2.75, 3.05) is 31.6 Å². The lowest BCUT2D eigenvalue weighted by molar-refractivity contribution is -0.635. The molecule has 0 amide bonds. The molecule has 0 aliphatic rings. The summed E-state index contributed by atoms with van der Waals surface area (Å²) in [6.45, 7) is 5.63. The van der Waals surface area contributed by atoms with Crippen LogP contribution in [0.15, 0.2) is 66.7 Å². The molecule has 0 radical (unpaired) electrons. The molecule has 0 aliphatic carbocycles. The van der Waals surface area contributed by atoms with E-state index in [0.29, 0.717) is 11.8 Å². The van der Waals surface area contributed by atoms with Crippen LogP contribution >= 0.6 is 0 Å². The van der Waals surface area contributed by atoms with Crippen LogP contribution in [0.5, 0.6) is 5.75 Å². The number of likely N-dealkylation sites (N-methyl/N-ethyl adjacent to an activating group) is 1. The molecule has 3 aromatic rings. The predicted molar refractivity (Wildman–Crippen MR) is 192 cm³/mol. The highest BCUT2D eigenvalue weighted by molar-refractivity contribution is 5.80. The third kappa shape index (κ3) is 15.5. The van der Waals surface area contributed by atoms with E-state index in [1.54, 1.807) is 24.5 Å². The van der Waals surface area contributed by atoms with Gasteiger partial charge in [0.1, 0.15) is 36.7 Å². The molecule has 0 heterocycles. The number of anilines is 1. The van der Waals surface area contributed by atoms with Crippen molar-refractivity contribution in [1.82, 2.24) is 0 Å². The third-order valence-corrected chi connectivity index (χ3v) is 8.04. The second-order valence-corrected chi connectivity index (χ2v) is 12.0. The lowest BCUT2D eigenvalue weighted by Crippen LogP contribution is -2.83. The van der Waals surface area contributed by atoms with Gasteiger partial charge in [0.15, 0.2) is 6.29 Å². The maximum atomic E-state index is 11.1. The van der Waals surface area contributed by atoms with E-state index in [9.17, 15) is 20.1 Å². The van der Waals surface area contributed by atoms with Gasteiger partial charge in [0.05, 0.1) is 19.2 Å². The Hall–Kier alpha value is -3.79. The molecule has 10 heteroatoms. The normalized spacial score (nSPS) is 13.0. The number of carbonyl (C=O) groups is 1. The highest BCUT2D eigenvalue weighted by Crippen LogP contribution is 2.26. The molecule has 0 saturated heterocycles. The molecule has 0 saturated carbocycles. The first-order valence-electron chi connectivity index (χ1n) is 17.0. The first kappa shape index (κ1) is 43.2. The van der Waals surface area contributed by atoms with E-state index in [-0.39, 0.29) is 17.8 Å². The highest BCUT2D eigenvalue weighted by atomic mass is 16.4. The maximum Gasteiger partial charge on any atom is 0.153 e. The predicted octanol–water partition coefficient (Wildman–Crippen LogP) is 2.97. The second-order valence-electron chi connectivity index (χ2n) is 12.0. The van der Waals surface area contributed by atoms with Gasteiger partial charge in [0.2, 0.25) is 0 Å². The van der Waals surface area contributed by atoms with E-state index in [1.165, 1.54) is 43.2 Å². The van der Waals surface area contributed by atoms with Gasteiger partial charge in [0.25, 0.3) is 0 Å². The van der Waals surface area contributed by atoms with E-state index in [0.717, 1.165) is 42.7 Å². The molecule has 0 aliphatic heterocycles. The van der Waals surface area contributed by atoms with Gasteiger partial charge in [-0.2, -0.15) is 0 Å². The number of aromatic hydroxyl groups is 1. The van der Waals surface area contributed by atoms with E-state index >= 15 is 0 Å². The van der Waals surface area contributed by atoms with Crippen LogP contribution in [-0.4, -0.2) is 93.6 Å². The fourth-order valence-corrected chi connectivity index (χ4v) is 5.00. The van der Waals surface area contributed by atoms with Gasteiger partial charge in [-0.25, -0.2) is 0 Å². The number of aryl methyl sites for hydroxylation is 1. The van der Waals surface area contributed by atoms with E-state index in [4.69, 9.17) is 15.3 Å². The number of aliphatic hydroxyl groups is 5. The molecule has 0 aromatic heterocycles. The van der Waals surface area contributed by atoms with Gasteiger partial charge in [-0.3, -0.25) is 4.79 Å². The van der Waals surface area contributed by atoms with Crippen LogP contribution < -0.4 is 10.2 Å². The summed E-state index contributed by atoms with van der Waals surface area (Å²) in [4.78, 5) is 13.4. The number of aldehydes is 1. The first-order chi connectivity index (χ1) is 23.2. The number of nitrogens with two attached hydrogens (primary N) is 1. The number of rotatable bonds is 18. The van der Waals surface area contributed by atoms with Gasteiger partial charge in [-0.05, 0) is 66.8 Å². The lowest BCUT2D eigenvalue weighted by atomic mass is 10.0. The summed E-state index contributed by atoms with van der Waals surface area (Å²) in [5.41, 5.74) is 5.83. The molecule has 270 valence electrons. The van der Waals surface area contributed by atoms with Crippen LogP contribution in [0, 0.1) is 11.8 Å². The molecule has 4 atom stereocenters. The number of aliphatic hydroxyl groups excluding tert-OH is 5. The van der Waals surface area contributed by atoms with Crippen LogP contribution in [0.4, 0.5) is 5.69 Å². The van der Waals surface area contributed by atoms with Crippen molar-refractivity contribution in [1.29, 1.82) is 0 Å². The molecule has 3 aromatic carbocycles. The number of phenols is 1. The summed E-state index contributed by atoms with van der Waals surface area (Å²) >= 11 is 0. The molecule has 9 N–H and O–H groups in total. The highest BCUT2D eigenvalue weighted by Gasteiger charge is 2.30. The van der Waals surface area contributed by atoms with Crippen molar-refractivity contribution in [3.8, 4) is 17.6 Å². The number of hydrogen-bond donors (Lipinski definition) is 7. The smallest absolute Gasteiger partial charge is 0.153 e. The van der Waals surface area contributed by atoms with Crippen LogP contribution in [0.1, 0.15) is 85.0 Å². The van der Waals surface area contributed by atoms with Gasteiger partial charge >= 0.3 is 0 Å². The van der Waals surface area contributed by atoms with Gasteiger partial charge in [-0.1, -0.05) is 75.6 Å². The molecule has 0 spiro atoms. The quantitative estimate of drug-likeness (QED) is 0.0602. The van der Waals surface area contributed by atoms with Crippen molar-refractivity contribution in [3.63, 3.8) is 0 Å². The molecule has 0 unspecified atom stereocenters. The summed E-state index contributed by atoms with van der Waals surface area (Å²) in [6, 6.07) is 22.2. The zero-order valence-electron chi connectivity index (χ0n) is 29.1. The lowest BCUT2D eigenvalue weighted by Gasteiger charge is -2.25. The zero-order valence-corrected chi connectivity index (χ0v) is 29.1. The minimum absolute atomic E-state index is 0. The Morgan fingerprint density at radius 2 is 1.35 bits per heavy atom. The fourth-order valence-electron chi connectivity index (χ4n) is 5.00. The summed E-state index contributed by atoms with van der Waals surface area (Å²) < 4.78 is 0. The van der Waals surface area contributed by atoms with Gasteiger partial charge in [-0.15, -0.1) is 0 Å². The number of unbranched alkanes of at least 4 members (excludes halogenated alkanes) is 4. The molecule has 10 nitrogen and oxygen atoms in total. The van der Waals surface area contributed by atoms with Crippen LogP contribution in [0.2, 0.25) is 0 Å². The minimum Gasteiger partial charge on any atom is -0.870 e. The third-order valence-electron chi connectivity index (χ3n) is 8.04.